The minimum Gasteiger partial charge on any atom is -0.487 e. The molecule has 0 unspecified atom stereocenters. The van der Waals surface area contributed by atoms with Gasteiger partial charge in [-0.2, -0.15) is 13.2 Å². The van der Waals surface area contributed by atoms with E-state index in [2.05, 4.69) is 17.2 Å². The fourth-order valence-corrected chi connectivity index (χ4v) is 6.40. The Morgan fingerprint density at radius 1 is 0.854 bits per heavy atom. The number of amides is 1. The number of aromatic nitrogens is 1. The maximum Gasteiger partial charge on any atom is 0.422 e. The quantitative estimate of drug-likeness (QED) is 0.0772. The number of halogens is 3. The van der Waals surface area contributed by atoms with Gasteiger partial charge in [0, 0.05) is 24.5 Å². The highest BCUT2D eigenvalue weighted by Gasteiger charge is 2.28. The number of nitrogens with one attached hydrogen (secondary N) is 1. The first-order chi connectivity index (χ1) is 23.1. The van der Waals surface area contributed by atoms with Crippen molar-refractivity contribution in [3.8, 4) is 11.5 Å². The zero-order valence-electron chi connectivity index (χ0n) is 28.8. The van der Waals surface area contributed by atoms with Gasteiger partial charge in [0.25, 0.3) is 0 Å². The summed E-state index contributed by atoms with van der Waals surface area (Å²) in [7, 11) is -3.45. The Hall–Kier alpha value is -2.88. The first kappa shape index (κ1) is 41.3. The van der Waals surface area contributed by atoms with Gasteiger partial charge in [0.05, 0.1) is 24.9 Å². The average Bonchev–Trinajstić information content (AvgIpc) is 3.05. The molecular formula is C36H54F3N2O6P. The summed E-state index contributed by atoms with van der Waals surface area (Å²) in [5, 5.41) is 3.06. The predicted octanol–water partition coefficient (Wildman–Crippen LogP) is 10.1. The third-order valence-corrected chi connectivity index (χ3v) is 9.20. The number of ether oxygens (including phenoxy) is 2. The molecular weight excluding hydrogens is 644 g/mol. The van der Waals surface area contributed by atoms with Crippen molar-refractivity contribution < 1.29 is 41.1 Å². The van der Waals surface area contributed by atoms with Crippen LogP contribution in [-0.4, -0.2) is 42.9 Å². The van der Waals surface area contributed by atoms with Crippen LogP contribution in [-0.2, 0) is 31.4 Å². The number of hydrogen-bond acceptors (Lipinski definition) is 7. The number of nitrogens with zero attached hydrogens (tertiary/aromatic N) is 1. The smallest absolute Gasteiger partial charge is 0.422 e. The second kappa shape index (κ2) is 23.5. The van der Waals surface area contributed by atoms with Crippen LogP contribution in [0.4, 0.5) is 13.2 Å². The summed E-state index contributed by atoms with van der Waals surface area (Å²) < 4.78 is 71.8. The molecule has 0 fully saturated rings. The normalized spacial score (nSPS) is 12.7. The molecule has 1 atom stereocenters. The summed E-state index contributed by atoms with van der Waals surface area (Å²) in [5.74, 6) is 1.94. The molecule has 0 aliphatic heterocycles. The Balaban J connectivity index is 1.92. The van der Waals surface area contributed by atoms with E-state index in [0.29, 0.717) is 24.3 Å². The van der Waals surface area contributed by atoms with Crippen molar-refractivity contribution in [3.05, 3.63) is 65.7 Å². The van der Waals surface area contributed by atoms with Crippen molar-refractivity contribution in [3.63, 3.8) is 0 Å². The topological polar surface area (TPSA) is 96.0 Å². The van der Waals surface area contributed by atoms with Crippen LogP contribution in [0.2, 0.25) is 0 Å². The van der Waals surface area contributed by atoms with Gasteiger partial charge < -0.3 is 23.8 Å². The Morgan fingerprint density at radius 2 is 1.46 bits per heavy atom. The molecule has 8 nitrogen and oxygen atoms in total. The van der Waals surface area contributed by atoms with Crippen LogP contribution in [0.1, 0.15) is 109 Å². The molecule has 2 aromatic rings. The van der Waals surface area contributed by atoms with E-state index in [9.17, 15) is 22.5 Å². The maximum atomic E-state index is 13.1. The number of carbonyl (C=O) groups excluding carboxylic acids is 1. The zero-order valence-corrected chi connectivity index (χ0v) is 29.7. The Labute approximate surface area is 284 Å². The number of benzene rings is 1. The van der Waals surface area contributed by atoms with E-state index in [-0.39, 0.29) is 31.5 Å². The summed E-state index contributed by atoms with van der Waals surface area (Å²) in [6, 6.07) is 9.54. The first-order valence-electron chi connectivity index (χ1n) is 17.3. The van der Waals surface area contributed by atoms with Gasteiger partial charge in [0.15, 0.2) is 6.61 Å². The van der Waals surface area contributed by atoms with E-state index in [1.165, 1.54) is 75.5 Å². The van der Waals surface area contributed by atoms with Gasteiger partial charge in [-0.05, 0) is 50.5 Å². The van der Waals surface area contributed by atoms with Crippen LogP contribution in [0.25, 0.3) is 0 Å². The van der Waals surface area contributed by atoms with Crippen molar-refractivity contribution in [2.75, 3.05) is 19.8 Å². The lowest BCUT2D eigenvalue weighted by molar-refractivity contribution is -0.153. The molecule has 0 saturated carbocycles. The van der Waals surface area contributed by atoms with Crippen molar-refractivity contribution in [2.45, 2.75) is 123 Å². The Bertz CT molecular complexity index is 1230. The second-order valence-corrected chi connectivity index (χ2v) is 13.6. The van der Waals surface area contributed by atoms with Crippen molar-refractivity contribution in [2.24, 2.45) is 0 Å². The summed E-state index contributed by atoms with van der Waals surface area (Å²) in [6.45, 7) is 4.81. The van der Waals surface area contributed by atoms with Crippen LogP contribution >= 0.6 is 7.60 Å². The van der Waals surface area contributed by atoms with E-state index >= 15 is 0 Å². The molecule has 1 aromatic heterocycles. The Morgan fingerprint density at radius 3 is 2.04 bits per heavy atom. The lowest BCUT2D eigenvalue weighted by atomic mass is 10.0. The molecule has 0 radical (unpaired) electrons. The summed E-state index contributed by atoms with van der Waals surface area (Å²) in [5.41, 5.74) is 1.31. The monoisotopic (exact) mass is 698 g/mol. The van der Waals surface area contributed by atoms with Crippen molar-refractivity contribution >= 4 is 13.5 Å². The van der Waals surface area contributed by atoms with Crippen LogP contribution in [0.5, 0.6) is 11.5 Å². The fraction of sp³-hybridized carbons (Fsp3) is 0.611. The van der Waals surface area contributed by atoms with Gasteiger partial charge in [-0.15, -0.1) is 0 Å². The van der Waals surface area contributed by atoms with Gasteiger partial charge in [-0.25, -0.2) is 0 Å². The number of carbonyl (C=O) groups is 1. The Kier molecular flexibility index (Phi) is 20.2. The minimum atomic E-state index is -4.43. The largest absolute Gasteiger partial charge is 0.487 e. The van der Waals surface area contributed by atoms with E-state index < -0.39 is 26.4 Å². The standard InChI is InChI=1S/C36H54F3N2O6P/c1-4-7-8-9-10-11-12-13-14-15-16-17-35(42)41-31(23-25-48(43,46-5-2)47-6-3)26-30-18-20-33(21-19-30)44-28-32-27-34(22-24-40-32)45-29-36(37,38)39/h18-25,27,31H,4-17,26,28-29H2,1-3H3,(H,41,42)/t31-/m1/s1. The van der Waals surface area contributed by atoms with Gasteiger partial charge in [0.1, 0.15) is 18.1 Å². The van der Waals surface area contributed by atoms with E-state index in [4.69, 9.17) is 18.5 Å². The number of rotatable bonds is 26. The number of hydrogen-bond donors (Lipinski definition) is 1. The van der Waals surface area contributed by atoms with Gasteiger partial charge in [-0.3, -0.25) is 14.3 Å². The first-order valence-corrected chi connectivity index (χ1v) is 18.9. The van der Waals surface area contributed by atoms with E-state index in [1.54, 1.807) is 32.1 Å². The summed E-state index contributed by atoms with van der Waals surface area (Å²) >= 11 is 0. The van der Waals surface area contributed by atoms with Crippen LogP contribution in [0.15, 0.2) is 54.5 Å². The second-order valence-electron chi connectivity index (χ2n) is 11.7. The molecule has 0 aliphatic carbocycles. The molecule has 1 N–H and O–H groups in total. The van der Waals surface area contributed by atoms with E-state index in [1.807, 2.05) is 12.1 Å². The highest BCUT2D eigenvalue weighted by Crippen LogP contribution is 2.49. The van der Waals surface area contributed by atoms with Gasteiger partial charge in [-0.1, -0.05) is 89.3 Å². The SMILES string of the molecule is CCCCCCCCCCCCCC(=O)N[C@H](C=CP(=O)(OCC)OCC)Cc1ccc(OCc2cc(OCC(F)(F)F)ccn2)cc1. The predicted molar refractivity (Wildman–Crippen MR) is 183 cm³/mol. The van der Waals surface area contributed by atoms with E-state index in [0.717, 1.165) is 24.8 Å². The van der Waals surface area contributed by atoms with Crippen LogP contribution in [0.3, 0.4) is 0 Å². The average molecular weight is 699 g/mol. The molecule has 1 heterocycles. The van der Waals surface area contributed by atoms with Crippen LogP contribution < -0.4 is 14.8 Å². The van der Waals surface area contributed by atoms with Crippen LogP contribution in [0, 0.1) is 0 Å². The summed E-state index contributed by atoms with van der Waals surface area (Å²) in [4.78, 5) is 17.0. The highest BCUT2D eigenvalue weighted by atomic mass is 31.2. The number of alkyl halides is 3. The molecule has 0 spiro atoms. The molecule has 48 heavy (non-hydrogen) atoms. The van der Waals surface area contributed by atoms with Crippen molar-refractivity contribution in [1.82, 2.24) is 10.3 Å². The molecule has 0 bridgehead atoms. The molecule has 1 amide bonds. The third kappa shape index (κ3) is 19.2. The van der Waals surface area contributed by atoms with Gasteiger partial charge >= 0.3 is 13.8 Å². The lowest BCUT2D eigenvalue weighted by Crippen LogP contribution is -2.34. The molecule has 1 aromatic carbocycles. The third-order valence-electron chi connectivity index (χ3n) is 7.43. The summed E-state index contributed by atoms with van der Waals surface area (Å²) in [6.07, 6.45) is 12.7. The highest BCUT2D eigenvalue weighted by molar-refractivity contribution is 7.57. The number of unbranched alkanes of at least 4 members (excludes halogenated alkanes) is 10. The molecule has 2 rings (SSSR count). The molecule has 270 valence electrons. The maximum absolute atomic E-state index is 13.1. The number of pyridine rings is 1. The molecule has 0 aliphatic rings. The molecule has 0 saturated heterocycles. The van der Waals surface area contributed by atoms with Gasteiger partial charge in [0.2, 0.25) is 5.91 Å². The molecule has 12 heteroatoms. The lowest BCUT2D eigenvalue weighted by Gasteiger charge is -2.18. The minimum absolute atomic E-state index is 0.0349. The fourth-order valence-electron chi connectivity index (χ4n) is 5.01. The zero-order chi connectivity index (χ0) is 35.1. The van der Waals surface area contributed by atoms with Crippen molar-refractivity contribution in [1.29, 1.82) is 0 Å².